The molecule has 1 aromatic rings. The third-order valence-electron chi connectivity index (χ3n) is 2.58. The SMILES string of the molecule is CCN(CC)C(=O)c1ccc(S(C)(=O)=O)cc1. The van der Waals surface area contributed by atoms with Crippen LogP contribution in [0.5, 0.6) is 0 Å². The first-order chi connectivity index (χ1) is 7.90. The summed E-state index contributed by atoms with van der Waals surface area (Å²) in [6.07, 6.45) is 1.15. The van der Waals surface area contributed by atoms with Crippen molar-refractivity contribution in [2.75, 3.05) is 19.3 Å². The second-order valence-corrected chi connectivity index (χ2v) is 5.79. The highest BCUT2D eigenvalue weighted by atomic mass is 32.2. The van der Waals surface area contributed by atoms with E-state index in [0.717, 1.165) is 6.26 Å². The molecule has 0 aliphatic carbocycles. The van der Waals surface area contributed by atoms with Crippen LogP contribution in [0.15, 0.2) is 29.2 Å². The summed E-state index contributed by atoms with van der Waals surface area (Å²) in [7, 11) is -3.20. The quantitative estimate of drug-likeness (QED) is 0.820. The normalized spacial score (nSPS) is 11.2. The van der Waals surface area contributed by atoms with Crippen LogP contribution in [0.1, 0.15) is 24.2 Å². The molecule has 17 heavy (non-hydrogen) atoms. The molecule has 0 saturated heterocycles. The monoisotopic (exact) mass is 255 g/mol. The molecule has 0 saturated carbocycles. The number of amides is 1. The Hall–Kier alpha value is -1.36. The van der Waals surface area contributed by atoms with Gasteiger partial charge in [-0.05, 0) is 38.1 Å². The lowest BCUT2D eigenvalue weighted by molar-refractivity contribution is 0.0773. The van der Waals surface area contributed by atoms with Gasteiger partial charge in [-0.1, -0.05) is 0 Å². The van der Waals surface area contributed by atoms with Crippen molar-refractivity contribution in [3.05, 3.63) is 29.8 Å². The molecular weight excluding hydrogens is 238 g/mol. The molecule has 4 nitrogen and oxygen atoms in total. The van der Waals surface area contributed by atoms with Gasteiger partial charge >= 0.3 is 0 Å². The molecule has 0 unspecified atom stereocenters. The molecule has 0 spiro atoms. The van der Waals surface area contributed by atoms with Gasteiger partial charge in [0.15, 0.2) is 9.84 Å². The summed E-state index contributed by atoms with van der Waals surface area (Å²) < 4.78 is 22.5. The molecular formula is C12H17NO3S. The van der Waals surface area contributed by atoms with Gasteiger partial charge in [0.2, 0.25) is 0 Å². The van der Waals surface area contributed by atoms with Crippen LogP contribution < -0.4 is 0 Å². The summed E-state index contributed by atoms with van der Waals surface area (Å²) in [6, 6.07) is 6.03. The molecule has 0 radical (unpaired) electrons. The molecule has 0 N–H and O–H groups in total. The Morgan fingerprint density at radius 1 is 1.12 bits per heavy atom. The van der Waals surface area contributed by atoms with Gasteiger partial charge in [0.25, 0.3) is 5.91 Å². The third-order valence-corrected chi connectivity index (χ3v) is 3.71. The second kappa shape index (κ2) is 5.31. The van der Waals surface area contributed by atoms with E-state index in [4.69, 9.17) is 0 Å². The van der Waals surface area contributed by atoms with Crippen molar-refractivity contribution in [2.45, 2.75) is 18.7 Å². The van der Waals surface area contributed by atoms with E-state index in [2.05, 4.69) is 0 Å². The van der Waals surface area contributed by atoms with Crippen LogP contribution in [0.25, 0.3) is 0 Å². The van der Waals surface area contributed by atoms with E-state index in [1.165, 1.54) is 12.1 Å². The molecule has 0 atom stereocenters. The Bertz CT molecular complexity index is 487. The van der Waals surface area contributed by atoms with E-state index in [0.29, 0.717) is 18.7 Å². The van der Waals surface area contributed by atoms with Gasteiger partial charge < -0.3 is 4.90 Å². The Morgan fingerprint density at radius 3 is 1.94 bits per heavy atom. The van der Waals surface area contributed by atoms with E-state index in [-0.39, 0.29) is 10.8 Å². The predicted octanol–water partition coefficient (Wildman–Crippen LogP) is 1.57. The van der Waals surface area contributed by atoms with E-state index in [1.54, 1.807) is 17.0 Å². The average molecular weight is 255 g/mol. The van der Waals surface area contributed by atoms with Crippen molar-refractivity contribution in [3.63, 3.8) is 0 Å². The fourth-order valence-electron chi connectivity index (χ4n) is 1.54. The summed E-state index contributed by atoms with van der Waals surface area (Å²) in [6.45, 7) is 5.10. The van der Waals surface area contributed by atoms with E-state index in [9.17, 15) is 13.2 Å². The third kappa shape index (κ3) is 3.30. The molecule has 0 aromatic heterocycles. The largest absolute Gasteiger partial charge is 0.339 e. The fourth-order valence-corrected chi connectivity index (χ4v) is 2.17. The summed E-state index contributed by atoms with van der Waals surface area (Å²) >= 11 is 0. The number of hydrogen-bond donors (Lipinski definition) is 0. The average Bonchev–Trinajstić information content (AvgIpc) is 2.29. The van der Waals surface area contributed by atoms with Crippen molar-refractivity contribution in [2.24, 2.45) is 0 Å². The van der Waals surface area contributed by atoms with Gasteiger partial charge in [-0.3, -0.25) is 4.79 Å². The summed E-state index contributed by atoms with van der Waals surface area (Å²) in [5, 5.41) is 0. The number of sulfone groups is 1. The van der Waals surface area contributed by atoms with Gasteiger partial charge in [0.05, 0.1) is 4.90 Å². The Labute approximate surface area is 102 Å². The lowest BCUT2D eigenvalue weighted by atomic mass is 10.2. The number of nitrogens with zero attached hydrogens (tertiary/aromatic N) is 1. The van der Waals surface area contributed by atoms with Gasteiger partial charge in [-0.25, -0.2) is 8.42 Å². The van der Waals surface area contributed by atoms with Gasteiger partial charge in [0, 0.05) is 24.9 Å². The molecule has 0 bridgehead atoms. The van der Waals surface area contributed by atoms with Crippen molar-refractivity contribution in [3.8, 4) is 0 Å². The molecule has 0 aliphatic rings. The molecule has 94 valence electrons. The number of rotatable bonds is 4. The highest BCUT2D eigenvalue weighted by molar-refractivity contribution is 7.90. The van der Waals surface area contributed by atoms with Crippen LogP contribution in [-0.2, 0) is 9.84 Å². The zero-order valence-electron chi connectivity index (χ0n) is 10.3. The minimum absolute atomic E-state index is 0.0740. The zero-order chi connectivity index (χ0) is 13.1. The molecule has 1 amide bonds. The fraction of sp³-hybridized carbons (Fsp3) is 0.417. The van der Waals surface area contributed by atoms with Crippen LogP contribution in [0.4, 0.5) is 0 Å². The number of hydrogen-bond acceptors (Lipinski definition) is 3. The molecule has 1 rings (SSSR count). The Kier molecular flexibility index (Phi) is 4.28. The van der Waals surface area contributed by atoms with Crippen LogP contribution in [0.3, 0.4) is 0 Å². The molecule has 1 aromatic carbocycles. The van der Waals surface area contributed by atoms with Crippen LogP contribution >= 0.6 is 0 Å². The summed E-state index contributed by atoms with van der Waals surface area (Å²) in [4.78, 5) is 13.9. The standard InChI is InChI=1S/C12H17NO3S/c1-4-13(5-2)12(14)10-6-8-11(9-7-10)17(3,15)16/h6-9H,4-5H2,1-3H3. The minimum atomic E-state index is -3.20. The van der Waals surface area contributed by atoms with Crippen LogP contribution in [-0.4, -0.2) is 38.6 Å². The summed E-state index contributed by atoms with van der Waals surface area (Å²) in [5.41, 5.74) is 0.515. The molecule has 0 aliphatic heterocycles. The van der Waals surface area contributed by atoms with Gasteiger partial charge in [-0.15, -0.1) is 0 Å². The van der Waals surface area contributed by atoms with Gasteiger partial charge in [0.1, 0.15) is 0 Å². The summed E-state index contributed by atoms with van der Waals surface area (Å²) in [5.74, 6) is -0.0740. The first kappa shape index (κ1) is 13.7. The van der Waals surface area contributed by atoms with E-state index < -0.39 is 9.84 Å². The van der Waals surface area contributed by atoms with Crippen molar-refractivity contribution in [1.29, 1.82) is 0 Å². The van der Waals surface area contributed by atoms with Crippen LogP contribution in [0, 0.1) is 0 Å². The topological polar surface area (TPSA) is 54.5 Å². The van der Waals surface area contributed by atoms with E-state index >= 15 is 0 Å². The maximum atomic E-state index is 11.9. The lowest BCUT2D eigenvalue weighted by Crippen LogP contribution is -2.30. The van der Waals surface area contributed by atoms with E-state index in [1.807, 2.05) is 13.8 Å². The second-order valence-electron chi connectivity index (χ2n) is 3.77. The number of carbonyl (C=O) groups excluding carboxylic acids is 1. The van der Waals surface area contributed by atoms with Gasteiger partial charge in [-0.2, -0.15) is 0 Å². The first-order valence-corrected chi connectivity index (χ1v) is 7.38. The predicted molar refractivity (Wildman–Crippen MR) is 66.8 cm³/mol. The highest BCUT2D eigenvalue weighted by Crippen LogP contribution is 2.12. The molecule has 5 heteroatoms. The smallest absolute Gasteiger partial charge is 0.253 e. The number of benzene rings is 1. The maximum absolute atomic E-state index is 11.9. The van der Waals surface area contributed by atoms with Crippen molar-refractivity contribution < 1.29 is 13.2 Å². The maximum Gasteiger partial charge on any atom is 0.253 e. The van der Waals surface area contributed by atoms with Crippen LogP contribution in [0.2, 0.25) is 0 Å². The number of carbonyl (C=O) groups is 1. The highest BCUT2D eigenvalue weighted by Gasteiger charge is 2.13. The minimum Gasteiger partial charge on any atom is -0.339 e. The van der Waals surface area contributed by atoms with Crippen molar-refractivity contribution >= 4 is 15.7 Å². The first-order valence-electron chi connectivity index (χ1n) is 5.49. The molecule has 0 fully saturated rings. The Balaban J connectivity index is 2.99. The molecule has 0 heterocycles. The van der Waals surface area contributed by atoms with Crippen molar-refractivity contribution in [1.82, 2.24) is 4.90 Å². The Morgan fingerprint density at radius 2 is 1.59 bits per heavy atom. The lowest BCUT2D eigenvalue weighted by Gasteiger charge is -2.18. The zero-order valence-corrected chi connectivity index (χ0v) is 11.1.